The third-order valence-corrected chi connectivity index (χ3v) is 3.05. The number of carbonyl (C=O) groups is 2. The van der Waals surface area contributed by atoms with Crippen LogP contribution in [-0.4, -0.2) is 35.6 Å². The van der Waals surface area contributed by atoms with Crippen LogP contribution in [-0.2, 0) is 11.3 Å². The highest BCUT2D eigenvalue weighted by atomic mass is 19.1. The molecule has 2 amide bonds. The molecular weight excluding hydrogens is 263 g/mol. The molecule has 0 heterocycles. The molecule has 1 atom stereocenters. The molecule has 0 saturated heterocycles. The van der Waals surface area contributed by atoms with Crippen molar-refractivity contribution in [3.8, 4) is 0 Å². The Balaban J connectivity index is 2.51. The number of halogens is 1. The second-order valence-corrected chi connectivity index (χ2v) is 4.58. The maximum atomic E-state index is 13.5. The molecule has 0 aromatic heterocycles. The predicted molar refractivity (Wildman–Crippen MR) is 72.7 cm³/mol. The van der Waals surface area contributed by atoms with E-state index in [2.05, 4.69) is 5.32 Å². The van der Waals surface area contributed by atoms with Gasteiger partial charge in [0.15, 0.2) is 0 Å². The minimum atomic E-state index is -0.940. The first-order valence-corrected chi connectivity index (χ1v) is 6.40. The van der Waals surface area contributed by atoms with E-state index < -0.39 is 17.9 Å². The van der Waals surface area contributed by atoms with E-state index in [0.717, 1.165) is 0 Å². The second-order valence-electron chi connectivity index (χ2n) is 4.58. The average Bonchev–Trinajstić information content (AvgIpc) is 2.41. The van der Waals surface area contributed by atoms with Crippen LogP contribution in [0.4, 0.5) is 9.18 Å². The van der Waals surface area contributed by atoms with Gasteiger partial charge in [-0.05, 0) is 12.5 Å². The number of carboxylic acid groups (broad SMARTS) is 1. The van der Waals surface area contributed by atoms with Crippen LogP contribution in [0.5, 0.6) is 0 Å². The van der Waals surface area contributed by atoms with Crippen LogP contribution in [0.1, 0.15) is 18.9 Å². The molecule has 0 bridgehead atoms. The van der Waals surface area contributed by atoms with Crippen LogP contribution in [0.25, 0.3) is 0 Å². The Hall–Kier alpha value is -2.11. The molecule has 5 nitrogen and oxygen atoms in total. The lowest BCUT2D eigenvalue weighted by Gasteiger charge is -2.19. The maximum Gasteiger partial charge on any atom is 0.317 e. The Kier molecular flexibility index (Phi) is 5.96. The summed E-state index contributed by atoms with van der Waals surface area (Å²) in [5.74, 6) is -1.92. The molecule has 1 aromatic carbocycles. The molecule has 20 heavy (non-hydrogen) atoms. The van der Waals surface area contributed by atoms with Crippen LogP contribution in [0.15, 0.2) is 24.3 Å². The fraction of sp³-hybridized carbons (Fsp3) is 0.429. The molecule has 0 radical (unpaired) electrons. The summed E-state index contributed by atoms with van der Waals surface area (Å²) in [6, 6.07) is 5.79. The molecule has 0 aliphatic carbocycles. The monoisotopic (exact) mass is 282 g/mol. The van der Waals surface area contributed by atoms with E-state index in [4.69, 9.17) is 5.11 Å². The number of amides is 2. The summed E-state index contributed by atoms with van der Waals surface area (Å²) < 4.78 is 13.5. The summed E-state index contributed by atoms with van der Waals surface area (Å²) in [6.45, 7) is 1.93. The van der Waals surface area contributed by atoms with Gasteiger partial charge in [-0.25, -0.2) is 9.18 Å². The van der Waals surface area contributed by atoms with Crippen molar-refractivity contribution < 1.29 is 19.1 Å². The molecule has 0 aliphatic heterocycles. The minimum absolute atomic E-state index is 0.0618. The van der Waals surface area contributed by atoms with E-state index in [9.17, 15) is 14.0 Å². The van der Waals surface area contributed by atoms with Crippen LogP contribution < -0.4 is 5.32 Å². The van der Waals surface area contributed by atoms with Crippen molar-refractivity contribution in [1.29, 1.82) is 0 Å². The van der Waals surface area contributed by atoms with Gasteiger partial charge in [-0.15, -0.1) is 0 Å². The maximum absolute atomic E-state index is 13.5. The summed E-state index contributed by atoms with van der Waals surface area (Å²) in [7, 11) is 1.53. The standard InChI is InChI=1S/C14H19FN2O3/c1-3-10(13(18)19)8-16-14(20)17(2)9-11-6-4-5-7-12(11)15/h4-7,10H,3,8-9H2,1-2H3,(H,16,20)(H,18,19). The van der Waals surface area contributed by atoms with Crippen LogP contribution >= 0.6 is 0 Å². The van der Waals surface area contributed by atoms with E-state index in [0.29, 0.717) is 12.0 Å². The number of urea groups is 1. The second kappa shape index (κ2) is 7.47. The summed E-state index contributed by atoms with van der Waals surface area (Å²) in [6.07, 6.45) is 0.437. The van der Waals surface area contributed by atoms with E-state index in [-0.39, 0.29) is 18.9 Å². The molecule has 0 aliphatic rings. The van der Waals surface area contributed by atoms with Gasteiger partial charge in [0, 0.05) is 25.7 Å². The van der Waals surface area contributed by atoms with Crippen LogP contribution in [0, 0.1) is 11.7 Å². The predicted octanol–water partition coefficient (Wildman–Crippen LogP) is 2.08. The molecule has 1 rings (SSSR count). The van der Waals surface area contributed by atoms with Gasteiger partial charge in [-0.2, -0.15) is 0 Å². The highest BCUT2D eigenvalue weighted by Gasteiger charge is 2.17. The van der Waals surface area contributed by atoms with Gasteiger partial charge in [0.05, 0.1) is 5.92 Å². The normalized spacial score (nSPS) is 11.8. The zero-order chi connectivity index (χ0) is 15.1. The van der Waals surface area contributed by atoms with Gasteiger partial charge in [-0.1, -0.05) is 25.1 Å². The molecule has 1 aromatic rings. The molecule has 2 N–H and O–H groups in total. The van der Waals surface area contributed by atoms with E-state index >= 15 is 0 Å². The first-order chi connectivity index (χ1) is 9.45. The van der Waals surface area contributed by atoms with Gasteiger partial charge >= 0.3 is 12.0 Å². The van der Waals surface area contributed by atoms with Gasteiger partial charge in [0.1, 0.15) is 5.82 Å². The highest BCUT2D eigenvalue weighted by molar-refractivity contribution is 5.75. The number of nitrogens with zero attached hydrogens (tertiary/aromatic N) is 1. The fourth-order valence-electron chi connectivity index (χ4n) is 1.71. The molecule has 1 unspecified atom stereocenters. The number of carboxylic acids is 1. The number of hydrogen-bond acceptors (Lipinski definition) is 2. The largest absolute Gasteiger partial charge is 0.481 e. The Morgan fingerprint density at radius 2 is 2.05 bits per heavy atom. The van der Waals surface area contributed by atoms with Crippen molar-refractivity contribution in [1.82, 2.24) is 10.2 Å². The lowest BCUT2D eigenvalue weighted by molar-refractivity contribution is -0.141. The quantitative estimate of drug-likeness (QED) is 0.839. The Labute approximate surface area is 117 Å². The first kappa shape index (κ1) is 15.9. The van der Waals surface area contributed by atoms with Crippen molar-refractivity contribution >= 4 is 12.0 Å². The van der Waals surface area contributed by atoms with E-state index in [1.54, 1.807) is 25.1 Å². The first-order valence-electron chi connectivity index (χ1n) is 6.40. The van der Waals surface area contributed by atoms with E-state index in [1.165, 1.54) is 18.0 Å². The van der Waals surface area contributed by atoms with Gasteiger partial charge in [0.25, 0.3) is 0 Å². The zero-order valence-corrected chi connectivity index (χ0v) is 11.6. The highest BCUT2D eigenvalue weighted by Crippen LogP contribution is 2.09. The number of carbonyl (C=O) groups excluding carboxylic acids is 1. The van der Waals surface area contributed by atoms with Crippen LogP contribution in [0.2, 0.25) is 0 Å². The topological polar surface area (TPSA) is 69.6 Å². The summed E-state index contributed by atoms with van der Waals surface area (Å²) in [5.41, 5.74) is 0.412. The number of rotatable bonds is 6. The molecule has 0 fully saturated rings. The van der Waals surface area contributed by atoms with Crippen molar-refractivity contribution in [2.24, 2.45) is 5.92 Å². The SMILES string of the molecule is CCC(CNC(=O)N(C)Cc1ccccc1F)C(=O)O. The fourth-order valence-corrected chi connectivity index (χ4v) is 1.71. The molecule has 6 heteroatoms. The lowest BCUT2D eigenvalue weighted by Crippen LogP contribution is -2.40. The van der Waals surface area contributed by atoms with Crippen molar-refractivity contribution in [2.45, 2.75) is 19.9 Å². The van der Waals surface area contributed by atoms with Gasteiger partial charge in [-0.3, -0.25) is 4.79 Å². The average molecular weight is 282 g/mol. The smallest absolute Gasteiger partial charge is 0.317 e. The number of aliphatic carboxylic acids is 1. The van der Waals surface area contributed by atoms with Crippen molar-refractivity contribution in [3.05, 3.63) is 35.6 Å². The Bertz CT molecular complexity index is 479. The van der Waals surface area contributed by atoms with Crippen molar-refractivity contribution in [3.63, 3.8) is 0 Å². The molecule has 110 valence electrons. The summed E-state index contributed by atoms with van der Waals surface area (Å²) in [4.78, 5) is 23.9. The van der Waals surface area contributed by atoms with Crippen LogP contribution in [0.3, 0.4) is 0 Å². The van der Waals surface area contributed by atoms with E-state index in [1.807, 2.05) is 0 Å². The zero-order valence-electron chi connectivity index (χ0n) is 11.6. The third-order valence-electron chi connectivity index (χ3n) is 3.05. The molecule has 0 saturated carbocycles. The summed E-state index contributed by atoms with van der Waals surface area (Å²) in [5, 5.41) is 11.4. The molecule has 0 spiro atoms. The number of hydrogen-bond donors (Lipinski definition) is 2. The van der Waals surface area contributed by atoms with Gasteiger partial charge in [0.2, 0.25) is 0 Å². The lowest BCUT2D eigenvalue weighted by atomic mass is 10.1. The third kappa shape index (κ3) is 4.53. The Morgan fingerprint density at radius 1 is 1.40 bits per heavy atom. The minimum Gasteiger partial charge on any atom is -0.481 e. The molecular formula is C14H19FN2O3. The Morgan fingerprint density at radius 3 is 2.60 bits per heavy atom. The number of nitrogens with one attached hydrogen (secondary N) is 1. The van der Waals surface area contributed by atoms with Gasteiger partial charge < -0.3 is 15.3 Å². The van der Waals surface area contributed by atoms with Crippen molar-refractivity contribution in [2.75, 3.05) is 13.6 Å². The number of benzene rings is 1. The summed E-state index contributed by atoms with van der Waals surface area (Å²) >= 11 is 0.